The highest BCUT2D eigenvalue weighted by molar-refractivity contribution is 6.00. The molecule has 1 aromatic rings. The molecule has 2 aliphatic rings. The lowest BCUT2D eigenvalue weighted by atomic mass is 9.93. The molecule has 8 nitrogen and oxygen atoms in total. The Kier molecular flexibility index (Phi) is 4.66. The summed E-state index contributed by atoms with van der Waals surface area (Å²) in [4.78, 5) is 35.2. The SMILES string of the molecule is O=C1COc2ccc(C(=O)NC(C(=O)O)C3CCCOC3)cc2N1. The van der Waals surface area contributed by atoms with Crippen molar-refractivity contribution in [2.24, 2.45) is 5.92 Å². The number of fused-ring (bicyclic) bond motifs is 1. The van der Waals surface area contributed by atoms with Crippen molar-refractivity contribution >= 4 is 23.5 Å². The van der Waals surface area contributed by atoms with Crippen LogP contribution in [0.4, 0.5) is 5.69 Å². The van der Waals surface area contributed by atoms with Crippen LogP contribution in [0.25, 0.3) is 0 Å². The van der Waals surface area contributed by atoms with E-state index in [9.17, 15) is 19.5 Å². The molecule has 3 rings (SSSR count). The normalized spacial score (nSPS) is 21.0. The number of carboxylic acid groups (broad SMARTS) is 1. The Morgan fingerprint density at radius 3 is 2.92 bits per heavy atom. The largest absolute Gasteiger partial charge is 0.482 e. The maximum atomic E-state index is 12.4. The predicted molar refractivity (Wildman–Crippen MR) is 83.0 cm³/mol. The van der Waals surface area contributed by atoms with Crippen LogP contribution in [0.15, 0.2) is 18.2 Å². The second kappa shape index (κ2) is 6.88. The molecule has 1 saturated heterocycles. The average molecular weight is 334 g/mol. The number of aliphatic carboxylic acids is 1. The average Bonchev–Trinajstić information content (AvgIpc) is 2.59. The smallest absolute Gasteiger partial charge is 0.326 e. The van der Waals surface area contributed by atoms with Crippen LogP contribution in [0.5, 0.6) is 5.75 Å². The number of hydrogen-bond donors (Lipinski definition) is 3. The van der Waals surface area contributed by atoms with Crippen LogP contribution in [0.3, 0.4) is 0 Å². The lowest BCUT2D eigenvalue weighted by Crippen LogP contribution is -2.48. The van der Waals surface area contributed by atoms with Gasteiger partial charge in [0.05, 0.1) is 12.3 Å². The molecule has 0 radical (unpaired) electrons. The second-order valence-corrected chi connectivity index (χ2v) is 5.81. The van der Waals surface area contributed by atoms with E-state index in [0.717, 1.165) is 6.42 Å². The van der Waals surface area contributed by atoms with Gasteiger partial charge < -0.3 is 25.2 Å². The van der Waals surface area contributed by atoms with Crippen molar-refractivity contribution in [1.29, 1.82) is 0 Å². The van der Waals surface area contributed by atoms with Crippen LogP contribution in [0.2, 0.25) is 0 Å². The second-order valence-electron chi connectivity index (χ2n) is 5.81. The summed E-state index contributed by atoms with van der Waals surface area (Å²) >= 11 is 0. The zero-order valence-corrected chi connectivity index (χ0v) is 12.9. The molecule has 2 unspecified atom stereocenters. The number of anilines is 1. The molecule has 24 heavy (non-hydrogen) atoms. The molecule has 0 saturated carbocycles. The highest BCUT2D eigenvalue weighted by Gasteiger charge is 2.31. The minimum atomic E-state index is -1.09. The lowest BCUT2D eigenvalue weighted by Gasteiger charge is -2.28. The van der Waals surface area contributed by atoms with Crippen molar-refractivity contribution in [3.05, 3.63) is 23.8 Å². The molecule has 3 N–H and O–H groups in total. The first-order valence-corrected chi connectivity index (χ1v) is 7.72. The standard InChI is InChI=1S/C16H18N2O6/c19-13-8-24-12-4-3-9(6-11(12)17-13)15(20)18-14(16(21)22)10-2-1-5-23-7-10/h3-4,6,10,14H,1-2,5,7-8H2,(H,17,19)(H,18,20)(H,21,22). The molecule has 1 aromatic carbocycles. The van der Waals surface area contributed by atoms with Gasteiger partial charge in [0.1, 0.15) is 11.8 Å². The summed E-state index contributed by atoms with van der Waals surface area (Å²) in [6, 6.07) is 3.56. The van der Waals surface area contributed by atoms with Crippen LogP contribution in [0, 0.1) is 5.92 Å². The van der Waals surface area contributed by atoms with Gasteiger partial charge in [-0.05, 0) is 31.0 Å². The fourth-order valence-corrected chi connectivity index (χ4v) is 2.86. The quantitative estimate of drug-likeness (QED) is 0.744. The van der Waals surface area contributed by atoms with Crippen LogP contribution in [-0.4, -0.2) is 48.8 Å². The van der Waals surface area contributed by atoms with Gasteiger partial charge in [-0.25, -0.2) is 4.79 Å². The van der Waals surface area contributed by atoms with E-state index < -0.39 is 17.9 Å². The molecule has 2 aliphatic heterocycles. The maximum Gasteiger partial charge on any atom is 0.326 e. The van der Waals surface area contributed by atoms with Gasteiger partial charge in [-0.2, -0.15) is 0 Å². The topological polar surface area (TPSA) is 114 Å². The van der Waals surface area contributed by atoms with Crippen LogP contribution < -0.4 is 15.4 Å². The number of nitrogens with one attached hydrogen (secondary N) is 2. The summed E-state index contributed by atoms with van der Waals surface area (Å²) in [5, 5.41) is 14.6. The van der Waals surface area contributed by atoms with Crippen LogP contribution in [0.1, 0.15) is 23.2 Å². The number of ether oxygens (including phenoxy) is 2. The predicted octanol–water partition coefficient (Wildman–Crippen LogP) is 0.627. The summed E-state index contributed by atoms with van der Waals surface area (Å²) < 4.78 is 10.5. The van der Waals surface area contributed by atoms with Crippen molar-refractivity contribution in [3.63, 3.8) is 0 Å². The van der Waals surface area contributed by atoms with Crippen molar-refractivity contribution in [1.82, 2.24) is 5.32 Å². The van der Waals surface area contributed by atoms with Crippen LogP contribution in [-0.2, 0) is 14.3 Å². The molecule has 1 fully saturated rings. The molecular weight excluding hydrogens is 316 g/mol. The number of hydrogen-bond acceptors (Lipinski definition) is 5. The van der Waals surface area contributed by atoms with Gasteiger partial charge in [0.2, 0.25) is 0 Å². The van der Waals surface area contributed by atoms with Gasteiger partial charge in [-0.15, -0.1) is 0 Å². The first kappa shape index (κ1) is 16.3. The van der Waals surface area contributed by atoms with Crippen LogP contribution >= 0.6 is 0 Å². The Balaban J connectivity index is 1.74. The molecule has 2 heterocycles. The van der Waals surface area contributed by atoms with E-state index >= 15 is 0 Å². The van der Waals surface area contributed by atoms with Gasteiger partial charge in [0, 0.05) is 18.1 Å². The highest BCUT2D eigenvalue weighted by atomic mass is 16.5. The molecule has 0 spiro atoms. The van der Waals surface area contributed by atoms with Crippen molar-refractivity contribution in [2.75, 3.05) is 25.1 Å². The van der Waals surface area contributed by atoms with E-state index in [0.29, 0.717) is 31.1 Å². The van der Waals surface area contributed by atoms with Crippen molar-refractivity contribution in [3.8, 4) is 5.75 Å². The van der Waals surface area contributed by atoms with E-state index in [-0.39, 0.29) is 24.0 Å². The van der Waals surface area contributed by atoms with Crippen molar-refractivity contribution < 1.29 is 29.0 Å². The number of carbonyl (C=O) groups is 3. The number of carbonyl (C=O) groups excluding carboxylic acids is 2. The third-order valence-corrected chi connectivity index (χ3v) is 4.09. The van der Waals surface area contributed by atoms with Gasteiger partial charge in [0.15, 0.2) is 6.61 Å². The number of amides is 2. The summed E-state index contributed by atoms with van der Waals surface area (Å²) in [6.07, 6.45) is 1.46. The third-order valence-electron chi connectivity index (χ3n) is 4.09. The Hall–Kier alpha value is -2.61. The minimum Gasteiger partial charge on any atom is -0.482 e. The molecule has 0 aromatic heterocycles. The molecule has 0 bridgehead atoms. The van der Waals surface area contributed by atoms with Crippen molar-refractivity contribution in [2.45, 2.75) is 18.9 Å². The third kappa shape index (κ3) is 3.48. The maximum absolute atomic E-state index is 12.4. The Morgan fingerprint density at radius 1 is 1.38 bits per heavy atom. The number of rotatable bonds is 4. The Bertz CT molecular complexity index is 669. The van der Waals surface area contributed by atoms with Gasteiger partial charge in [0.25, 0.3) is 11.8 Å². The lowest BCUT2D eigenvalue weighted by molar-refractivity contribution is -0.142. The molecule has 8 heteroatoms. The first-order chi connectivity index (χ1) is 11.5. The Morgan fingerprint density at radius 2 is 2.21 bits per heavy atom. The zero-order chi connectivity index (χ0) is 17.1. The fraction of sp³-hybridized carbons (Fsp3) is 0.438. The van der Waals surface area contributed by atoms with E-state index in [1.165, 1.54) is 12.1 Å². The zero-order valence-electron chi connectivity index (χ0n) is 12.9. The number of carboxylic acids is 1. The summed E-state index contributed by atoms with van der Waals surface area (Å²) in [6.45, 7) is 0.855. The van der Waals surface area contributed by atoms with Gasteiger partial charge in [-0.3, -0.25) is 9.59 Å². The minimum absolute atomic E-state index is 0.0681. The molecule has 2 amide bonds. The molecule has 2 atom stereocenters. The molecule has 128 valence electrons. The van der Waals surface area contributed by atoms with E-state index in [1.807, 2.05) is 0 Å². The summed E-state index contributed by atoms with van der Waals surface area (Å²) in [7, 11) is 0. The van der Waals surface area contributed by atoms with Gasteiger partial charge in [-0.1, -0.05) is 0 Å². The van der Waals surface area contributed by atoms with Gasteiger partial charge >= 0.3 is 5.97 Å². The number of benzene rings is 1. The fourth-order valence-electron chi connectivity index (χ4n) is 2.86. The van der Waals surface area contributed by atoms with E-state index in [2.05, 4.69) is 10.6 Å². The molecular formula is C16H18N2O6. The summed E-state index contributed by atoms with van der Waals surface area (Å²) in [5.74, 6) is -1.70. The Labute approximate surface area is 138 Å². The first-order valence-electron chi connectivity index (χ1n) is 7.72. The monoisotopic (exact) mass is 334 g/mol. The van der Waals surface area contributed by atoms with E-state index in [1.54, 1.807) is 6.07 Å². The molecule has 0 aliphatic carbocycles. The van der Waals surface area contributed by atoms with E-state index in [4.69, 9.17) is 9.47 Å². The highest BCUT2D eigenvalue weighted by Crippen LogP contribution is 2.28. The summed E-state index contributed by atoms with van der Waals surface area (Å²) in [5.41, 5.74) is 0.648.